The third-order valence-electron chi connectivity index (χ3n) is 5.14. The molecule has 1 fully saturated rings. The quantitative estimate of drug-likeness (QED) is 0.620. The number of benzene rings is 1. The van der Waals surface area contributed by atoms with E-state index in [1.54, 1.807) is 17.3 Å². The zero-order chi connectivity index (χ0) is 21.8. The van der Waals surface area contributed by atoms with E-state index in [0.717, 1.165) is 18.4 Å². The summed E-state index contributed by atoms with van der Waals surface area (Å²) in [5.41, 5.74) is 1.51. The van der Waals surface area contributed by atoms with E-state index in [1.807, 2.05) is 22.7 Å². The van der Waals surface area contributed by atoms with Crippen LogP contribution in [-0.2, 0) is 11.3 Å². The summed E-state index contributed by atoms with van der Waals surface area (Å²) in [7, 11) is 0. The first-order chi connectivity index (χ1) is 15.0. The highest BCUT2D eigenvalue weighted by Gasteiger charge is 2.29. The molecule has 8 nitrogen and oxygen atoms in total. The molecule has 0 spiro atoms. The van der Waals surface area contributed by atoms with Gasteiger partial charge in [-0.25, -0.2) is 19.0 Å². The van der Waals surface area contributed by atoms with Crippen LogP contribution in [0.25, 0.3) is 5.52 Å². The second-order valence-corrected chi connectivity index (χ2v) is 7.63. The van der Waals surface area contributed by atoms with Crippen molar-refractivity contribution in [3.63, 3.8) is 0 Å². The Kier molecular flexibility index (Phi) is 6.22. The molecule has 10 heteroatoms. The standard InChI is InChI=1S/C21H21ClFN5O3/c22-18-9-15(23)6-5-14(18)11-24-20(29)28-8-2-4-17(28)12-31-21(30)26-19-10-16-3-1-7-27(16)13-25-19/h1,3,5-7,9-10,13,17H,2,4,8,11-12H2,(H,24,29)(H,26,30)/t17-/m0/s1. The van der Waals surface area contributed by atoms with Crippen molar-refractivity contribution >= 4 is 35.1 Å². The molecule has 162 valence electrons. The number of urea groups is 1. The van der Waals surface area contributed by atoms with Gasteiger partial charge in [0, 0.05) is 30.4 Å². The van der Waals surface area contributed by atoms with Gasteiger partial charge in [-0.3, -0.25) is 5.32 Å². The maximum absolute atomic E-state index is 13.2. The largest absolute Gasteiger partial charge is 0.447 e. The van der Waals surface area contributed by atoms with Gasteiger partial charge in [-0.2, -0.15) is 0 Å². The fourth-order valence-corrected chi connectivity index (χ4v) is 3.76. The van der Waals surface area contributed by atoms with Gasteiger partial charge in [0.05, 0.1) is 11.6 Å². The second kappa shape index (κ2) is 9.22. The number of aromatic nitrogens is 2. The molecule has 0 aliphatic carbocycles. The molecular weight excluding hydrogens is 425 g/mol. The number of fused-ring (bicyclic) bond motifs is 1. The molecule has 1 aromatic carbocycles. The number of carbonyl (C=O) groups is 2. The van der Waals surface area contributed by atoms with Gasteiger partial charge in [-0.05, 0) is 42.7 Å². The number of nitrogens with zero attached hydrogens (tertiary/aromatic N) is 3. The predicted molar refractivity (Wildman–Crippen MR) is 114 cm³/mol. The molecule has 0 bridgehead atoms. The van der Waals surface area contributed by atoms with Gasteiger partial charge in [-0.1, -0.05) is 17.7 Å². The van der Waals surface area contributed by atoms with Crippen LogP contribution in [0, 0.1) is 5.82 Å². The Morgan fingerprint density at radius 2 is 2.16 bits per heavy atom. The van der Waals surface area contributed by atoms with Gasteiger partial charge in [0.1, 0.15) is 24.6 Å². The summed E-state index contributed by atoms with van der Waals surface area (Å²) in [5.74, 6) is -0.0489. The van der Waals surface area contributed by atoms with Crippen molar-refractivity contribution in [3.05, 3.63) is 65.3 Å². The molecular formula is C21H21ClFN5O3. The van der Waals surface area contributed by atoms with Crippen molar-refractivity contribution in [3.8, 4) is 0 Å². The number of hydrogen-bond donors (Lipinski definition) is 2. The average molecular weight is 446 g/mol. The lowest BCUT2D eigenvalue weighted by Gasteiger charge is -2.24. The minimum atomic E-state index is -0.631. The summed E-state index contributed by atoms with van der Waals surface area (Å²) in [6.45, 7) is 0.811. The summed E-state index contributed by atoms with van der Waals surface area (Å²) in [5, 5.41) is 5.64. The minimum Gasteiger partial charge on any atom is -0.447 e. The van der Waals surface area contributed by atoms with Gasteiger partial charge in [0.15, 0.2) is 0 Å². The summed E-state index contributed by atoms with van der Waals surface area (Å²) in [6.07, 6.45) is 4.36. The predicted octanol–water partition coefficient (Wildman–Crippen LogP) is 4.05. The monoisotopic (exact) mass is 445 g/mol. The molecule has 31 heavy (non-hydrogen) atoms. The van der Waals surface area contributed by atoms with Crippen LogP contribution in [0.1, 0.15) is 18.4 Å². The molecule has 1 aliphatic heterocycles. The number of hydrogen-bond acceptors (Lipinski definition) is 4. The van der Waals surface area contributed by atoms with Gasteiger partial charge >= 0.3 is 12.1 Å². The summed E-state index contributed by atoms with van der Waals surface area (Å²) < 4.78 is 20.3. The minimum absolute atomic E-state index is 0.0733. The molecule has 0 saturated carbocycles. The molecule has 3 aromatic rings. The number of nitrogens with one attached hydrogen (secondary N) is 2. The number of carbonyl (C=O) groups excluding carboxylic acids is 2. The first-order valence-electron chi connectivity index (χ1n) is 9.84. The zero-order valence-corrected chi connectivity index (χ0v) is 17.3. The Bertz CT molecular complexity index is 1110. The van der Waals surface area contributed by atoms with E-state index in [0.29, 0.717) is 17.9 Å². The van der Waals surface area contributed by atoms with Gasteiger partial charge < -0.3 is 19.4 Å². The number of amides is 3. The maximum atomic E-state index is 13.2. The van der Waals surface area contributed by atoms with Crippen LogP contribution in [0.3, 0.4) is 0 Å². The third-order valence-corrected chi connectivity index (χ3v) is 5.49. The Hall–Kier alpha value is -3.33. The molecule has 3 amide bonds. The van der Waals surface area contributed by atoms with E-state index < -0.39 is 11.9 Å². The van der Waals surface area contributed by atoms with E-state index in [9.17, 15) is 14.0 Å². The molecule has 1 aliphatic rings. The summed E-state index contributed by atoms with van der Waals surface area (Å²) in [6, 6.07) is 9.03. The van der Waals surface area contributed by atoms with Gasteiger partial charge in [0.2, 0.25) is 0 Å². The molecule has 4 rings (SSSR count). The van der Waals surface area contributed by atoms with Crippen LogP contribution in [0.5, 0.6) is 0 Å². The molecule has 0 unspecified atom stereocenters. The fraction of sp³-hybridized carbons (Fsp3) is 0.286. The lowest BCUT2D eigenvalue weighted by Crippen LogP contribution is -2.44. The Balaban J connectivity index is 1.27. The van der Waals surface area contributed by atoms with E-state index in [4.69, 9.17) is 16.3 Å². The fourth-order valence-electron chi connectivity index (χ4n) is 3.53. The number of anilines is 1. The number of ether oxygens (including phenoxy) is 1. The first-order valence-corrected chi connectivity index (χ1v) is 10.2. The Morgan fingerprint density at radius 3 is 3.00 bits per heavy atom. The van der Waals surface area contributed by atoms with Crippen LogP contribution in [0.15, 0.2) is 48.9 Å². The van der Waals surface area contributed by atoms with E-state index in [1.165, 1.54) is 18.2 Å². The second-order valence-electron chi connectivity index (χ2n) is 7.22. The van der Waals surface area contributed by atoms with E-state index >= 15 is 0 Å². The molecule has 2 N–H and O–H groups in total. The van der Waals surface area contributed by atoms with Crippen LogP contribution in [-0.4, -0.2) is 45.6 Å². The van der Waals surface area contributed by atoms with Crippen molar-refractivity contribution in [1.82, 2.24) is 19.6 Å². The first kappa shape index (κ1) is 20.9. The SMILES string of the molecule is O=C(Nc1cc2cccn2cn1)OC[C@@H]1CCCN1C(=O)NCc1ccc(F)cc1Cl. The molecule has 2 aromatic heterocycles. The lowest BCUT2D eigenvalue weighted by atomic mass is 10.2. The topological polar surface area (TPSA) is 88.0 Å². The number of halogens is 2. The summed E-state index contributed by atoms with van der Waals surface area (Å²) >= 11 is 6.00. The molecule has 1 saturated heterocycles. The van der Waals surface area contributed by atoms with Crippen molar-refractivity contribution in [2.75, 3.05) is 18.5 Å². The van der Waals surface area contributed by atoms with Gasteiger partial charge in [-0.15, -0.1) is 0 Å². The highest BCUT2D eigenvalue weighted by Crippen LogP contribution is 2.20. The molecule has 0 radical (unpaired) electrons. The van der Waals surface area contributed by atoms with E-state index in [2.05, 4.69) is 15.6 Å². The third kappa shape index (κ3) is 5.05. The van der Waals surface area contributed by atoms with Crippen LogP contribution in [0.2, 0.25) is 5.02 Å². The van der Waals surface area contributed by atoms with Crippen LogP contribution in [0.4, 0.5) is 19.8 Å². The van der Waals surface area contributed by atoms with Crippen LogP contribution < -0.4 is 10.6 Å². The number of rotatable bonds is 5. The van der Waals surface area contributed by atoms with Crippen molar-refractivity contribution in [1.29, 1.82) is 0 Å². The van der Waals surface area contributed by atoms with Crippen molar-refractivity contribution < 1.29 is 18.7 Å². The summed E-state index contributed by atoms with van der Waals surface area (Å²) in [4.78, 5) is 30.5. The average Bonchev–Trinajstić information content (AvgIpc) is 3.40. The molecule has 1 atom stereocenters. The van der Waals surface area contributed by atoms with Crippen LogP contribution >= 0.6 is 11.6 Å². The highest BCUT2D eigenvalue weighted by molar-refractivity contribution is 6.31. The normalized spacial score (nSPS) is 15.8. The maximum Gasteiger partial charge on any atom is 0.412 e. The van der Waals surface area contributed by atoms with E-state index in [-0.39, 0.29) is 30.2 Å². The van der Waals surface area contributed by atoms with Gasteiger partial charge in [0.25, 0.3) is 0 Å². The zero-order valence-electron chi connectivity index (χ0n) is 16.6. The smallest absolute Gasteiger partial charge is 0.412 e. The number of likely N-dealkylation sites (tertiary alicyclic amines) is 1. The van der Waals surface area contributed by atoms with Crippen molar-refractivity contribution in [2.45, 2.75) is 25.4 Å². The highest BCUT2D eigenvalue weighted by atomic mass is 35.5. The van der Waals surface area contributed by atoms with Crippen molar-refractivity contribution in [2.24, 2.45) is 0 Å². The lowest BCUT2D eigenvalue weighted by molar-refractivity contribution is 0.123. The Morgan fingerprint density at radius 1 is 1.29 bits per heavy atom. The Labute approximate surface area is 183 Å². The molecule has 3 heterocycles.